The number of allylic oxidation sites excluding steroid dienone is 1. The summed E-state index contributed by atoms with van der Waals surface area (Å²) in [5, 5.41) is 13.1. The van der Waals surface area contributed by atoms with Crippen LogP contribution < -0.4 is 5.32 Å². The van der Waals surface area contributed by atoms with Gasteiger partial charge in [-0.1, -0.05) is 54.9 Å². The fourth-order valence-electron chi connectivity index (χ4n) is 4.26. The van der Waals surface area contributed by atoms with Crippen LogP contribution in [0.1, 0.15) is 53.0 Å². The number of piperidine rings is 1. The van der Waals surface area contributed by atoms with Crippen LogP contribution in [0.4, 0.5) is 4.79 Å². The number of nitrogens with one attached hydrogen (secondary N) is 1. The number of carboxylic acid groups (broad SMARTS) is 1. The Kier molecular flexibility index (Phi) is 7.97. The Morgan fingerprint density at radius 3 is 2.47 bits per heavy atom. The average molecular weight is 481 g/mol. The van der Waals surface area contributed by atoms with E-state index in [1.807, 2.05) is 31.2 Å². The second kappa shape index (κ2) is 9.86. The fraction of sp³-hybridized carbons (Fsp3) is 0.565. The summed E-state index contributed by atoms with van der Waals surface area (Å²) in [5.74, 6) is -0.106. The van der Waals surface area contributed by atoms with Gasteiger partial charge in [-0.15, -0.1) is 0 Å². The first kappa shape index (κ1) is 24.3. The molecule has 1 fully saturated rings. The molecule has 166 valence electrons. The van der Waals surface area contributed by atoms with E-state index < -0.39 is 12.1 Å². The van der Waals surface area contributed by atoms with Gasteiger partial charge in [-0.2, -0.15) is 0 Å². The third-order valence-corrected chi connectivity index (χ3v) is 6.64. The molecule has 1 aliphatic rings. The monoisotopic (exact) mass is 480 g/mol. The minimum atomic E-state index is -0.855. The molecule has 0 aliphatic carbocycles. The van der Waals surface area contributed by atoms with Crippen LogP contribution in [0, 0.1) is 11.3 Å². The van der Waals surface area contributed by atoms with Crippen LogP contribution in [0.5, 0.6) is 0 Å². The van der Waals surface area contributed by atoms with Crippen molar-refractivity contribution < 1.29 is 19.4 Å². The Balaban J connectivity index is 2.28. The second-order valence-corrected chi connectivity index (χ2v) is 9.90. The van der Waals surface area contributed by atoms with Gasteiger partial charge in [-0.25, -0.2) is 9.59 Å². The Bertz CT molecular complexity index is 816. The molecule has 1 aromatic rings. The molecule has 2 N–H and O–H groups in total. The number of benzene rings is 1. The van der Waals surface area contributed by atoms with E-state index in [9.17, 15) is 14.7 Å². The smallest absolute Gasteiger partial charge is 0.407 e. The Morgan fingerprint density at radius 1 is 1.30 bits per heavy atom. The van der Waals surface area contributed by atoms with Crippen LogP contribution >= 0.6 is 15.9 Å². The third-order valence-electron chi connectivity index (χ3n) is 5.95. The second-order valence-electron chi connectivity index (χ2n) is 9.05. The predicted molar refractivity (Wildman–Crippen MR) is 122 cm³/mol. The number of esters is 1. The molecule has 0 spiro atoms. The first-order valence-electron chi connectivity index (χ1n) is 10.3. The number of carbonyl (C=O) groups excluding carboxylic acids is 1. The highest BCUT2D eigenvalue weighted by atomic mass is 79.9. The van der Waals surface area contributed by atoms with Crippen LogP contribution in [-0.4, -0.2) is 47.8 Å². The summed E-state index contributed by atoms with van der Waals surface area (Å²) >= 11 is 3.52. The van der Waals surface area contributed by atoms with Crippen molar-refractivity contribution in [3.63, 3.8) is 0 Å². The zero-order valence-electron chi connectivity index (χ0n) is 18.7. The molecule has 1 aliphatic heterocycles. The van der Waals surface area contributed by atoms with Crippen LogP contribution in [0.3, 0.4) is 0 Å². The van der Waals surface area contributed by atoms with Gasteiger partial charge < -0.3 is 20.1 Å². The van der Waals surface area contributed by atoms with E-state index in [0.717, 1.165) is 28.6 Å². The Labute approximate surface area is 187 Å². The van der Waals surface area contributed by atoms with Crippen molar-refractivity contribution in [3.8, 4) is 0 Å². The number of halogens is 1. The molecule has 7 heteroatoms. The van der Waals surface area contributed by atoms with Crippen molar-refractivity contribution in [1.29, 1.82) is 0 Å². The number of hydrogen-bond donors (Lipinski definition) is 2. The quantitative estimate of drug-likeness (QED) is 0.450. The number of likely N-dealkylation sites (tertiary alicyclic amines) is 1. The van der Waals surface area contributed by atoms with Crippen molar-refractivity contribution in [3.05, 3.63) is 40.0 Å². The Hall–Kier alpha value is -2.02. The number of rotatable bonds is 5. The molecule has 0 bridgehead atoms. The molecular weight excluding hydrogens is 448 g/mol. The number of nitrogens with zero attached hydrogens (tertiary/aromatic N) is 1. The number of amides is 1. The zero-order valence-corrected chi connectivity index (χ0v) is 20.2. The van der Waals surface area contributed by atoms with Crippen LogP contribution in [-0.2, 0) is 9.53 Å². The molecule has 1 aromatic carbocycles. The van der Waals surface area contributed by atoms with Crippen molar-refractivity contribution in [2.45, 2.75) is 59.5 Å². The van der Waals surface area contributed by atoms with Crippen molar-refractivity contribution >= 4 is 33.6 Å². The molecule has 6 nitrogen and oxygen atoms in total. The van der Waals surface area contributed by atoms with Gasteiger partial charge in [0.2, 0.25) is 0 Å². The van der Waals surface area contributed by atoms with Crippen LogP contribution in [0.15, 0.2) is 34.4 Å². The van der Waals surface area contributed by atoms with Crippen LogP contribution in [0.25, 0.3) is 5.57 Å². The van der Waals surface area contributed by atoms with Crippen molar-refractivity contribution in [2.24, 2.45) is 11.3 Å². The highest BCUT2D eigenvalue weighted by Crippen LogP contribution is 2.36. The lowest BCUT2D eigenvalue weighted by Gasteiger charge is -2.46. The molecular formula is C23H33BrN2O4. The number of hydrogen-bond acceptors (Lipinski definition) is 4. The minimum absolute atomic E-state index is 0.0503. The van der Waals surface area contributed by atoms with E-state index in [4.69, 9.17) is 4.74 Å². The summed E-state index contributed by atoms with van der Waals surface area (Å²) in [6.45, 7) is 10.8. The standard InChI is InChI=1S/C23H33BrN2O4/c1-14(16-11-12-26(22(28)29)19(13-16)23(3,4)5)25-15(2)20(21(27)30-6)17-9-7-8-10-18(17)24/h7-10,14,16,19,25H,11-13H2,1-6H3,(H,28,29)/t14?,16?,19-/m1/s1. The molecule has 0 saturated carbocycles. The van der Waals surface area contributed by atoms with Gasteiger partial charge in [0.1, 0.15) is 0 Å². The predicted octanol–water partition coefficient (Wildman–Crippen LogP) is 5.14. The van der Waals surface area contributed by atoms with E-state index >= 15 is 0 Å². The third kappa shape index (κ3) is 5.56. The maximum atomic E-state index is 12.6. The van der Waals surface area contributed by atoms with E-state index in [-0.39, 0.29) is 23.4 Å². The van der Waals surface area contributed by atoms with Crippen LogP contribution in [0.2, 0.25) is 0 Å². The maximum Gasteiger partial charge on any atom is 0.407 e. The lowest BCUT2D eigenvalue weighted by atomic mass is 9.75. The summed E-state index contributed by atoms with van der Waals surface area (Å²) in [5.41, 5.74) is 1.87. The van der Waals surface area contributed by atoms with Gasteiger partial charge in [0.05, 0.1) is 12.7 Å². The van der Waals surface area contributed by atoms with Crippen molar-refractivity contribution in [2.75, 3.05) is 13.7 Å². The number of carbonyl (C=O) groups is 2. The molecule has 3 atom stereocenters. The van der Waals surface area contributed by atoms with Gasteiger partial charge in [-0.3, -0.25) is 0 Å². The van der Waals surface area contributed by atoms with Gasteiger partial charge >= 0.3 is 12.1 Å². The van der Waals surface area contributed by atoms with E-state index in [1.54, 1.807) is 4.90 Å². The summed E-state index contributed by atoms with van der Waals surface area (Å²) in [6.07, 6.45) is 0.704. The summed E-state index contributed by atoms with van der Waals surface area (Å²) in [4.78, 5) is 25.8. The minimum Gasteiger partial charge on any atom is -0.465 e. The molecule has 1 saturated heterocycles. The molecule has 1 amide bonds. The first-order valence-corrected chi connectivity index (χ1v) is 11.1. The highest BCUT2D eigenvalue weighted by Gasteiger charge is 2.40. The molecule has 0 aromatic heterocycles. The molecule has 1 heterocycles. The molecule has 30 heavy (non-hydrogen) atoms. The SMILES string of the molecule is COC(=O)C(=C(C)NC(C)C1CCN(C(=O)O)[C@@H](C(C)(C)C)C1)c1ccccc1Br. The summed E-state index contributed by atoms with van der Waals surface area (Å²) < 4.78 is 5.86. The van der Waals surface area contributed by atoms with E-state index in [2.05, 4.69) is 48.9 Å². The fourth-order valence-corrected chi connectivity index (χ4v) is 4.74. The molecule has 2 rings (SSSR count). The normalized spacial score (nSPS) is 21.5. The van der Waals surface area contributed by atoms with Gasteiger partial charge in [0.25, 0.3) is 0 Å². The highest BCUT2D eigenvalue weighted by molar-refractivity contribution is 9.10. The molecule has 0 radical (unpaired) electrons. The van der Waals surface area contributed by atoms with Gasteiger partial charge in [0.15, 0.2) is 0 Å². The maximum absolute atomic E-state index is 12.6. The number of ether oxygens (including phenoxy) is 1. The summed E-state index contributed by atoms with van der Waals surface area (Å²) in [7, 11) is 1.38. The van der Waals surface area contributed by atoms with E-state index in [0.29, 0.717) is 12.1 Å². The lowest BCUT2D eigenvalue weighted by molar-refractivity contribution is -0.133. The average Bonchev–Trinajstić information content (AvgIpc) is 2.68. The number of methoxy groups -OCH3 is 1. The van der Waals surface area contributed by atoms with E-state index in [1.165, 1.54) is 7.11 Å². The first-order chi connectivity index (χ1) is 14.0. The van der Waals surface area contributed by atoms with Gasteiger partial charge in [0, 0.05) is 34.4 Å². The van der Waals surface area contributed by atoms with Crippen molar-refractivity contribution in [1.82, 2.24) is 10.2 Å². The topological polar surface area (TPSA) is 78.9 Å². The van der Waals surface area contributed by atoms with Gasteiger partial charge in [-0.05, 0) is 44.1 Å². The zero-order chi connectivity index (χ0) is 22.6. The Morgan fingerprint density at radius 2 is 1.93 bits per heavy atom. The summed E-state index contributed by atoms with van der Waals surface area (Å²) in [6, 6.07) is 7.59. The largest absolute Gasteiger partial charge is 0.465 e. The molecule has 2 unspecified atom stereocenters. The lowest BCUT2D eigenvalue weighted by Crippen LogP contribution is -2.54.